The minimum atomic E-state index is -0.955. The molecule has 13 heavy (non-hydrogen) atoms. The van der Waals surface area contributed by atoms with E-state index in [-0.39, 0.29) is 0 Å². The molecule has 0 amide bonds. The molecule has 0 saturated heterocycles. The predicted molar refractivity (Wildman–Crippen MR) is 48.9 cm³/mol. The summed E-state index contributed by atoms with van der Waals surface area (Å²) in [5.74, 6) is -0.333. The average Bonchev–Trinajstić information content (AvgIpc) is 2.08. The summed E-state index contributed by atoms with van der Waals surface area (Å²) in [5.41, 5.74) is 0.940. The molecule has 0 aliphatic rings. The summed E-state index contributed by atoms with van der Waals surface area (Å²) in [6.45, 7) is 3.39. The molecule has 1 N–H and O–H groups in total. The number of benzene rings is 1. The van der Waals surface area contributed by atoms with Gasteiger partial charge in [-0.2, -0.15) is 0 Å². The van der Waals surface area contributed by atoms with E-state index in [1.54, 1.807) is 6.07 Å². The van der Waals surface area contributed by atoms with Gasteiger partial charge in [-0.3, -0.25) is 0 Å². The Balaban J connectivity index is 2.74. The second-order valence-corrected chi connectivity index (χ2v) is 2.86. The first kappa shape index (κ1) is 9.58. The SMILES string of the molecule is Cc1ccccc1OC(C)C(=O)O. The highest BCUT2D eigenvalue weighted by molar-refractivity contribution is 5.72. The first-order valence-corrected chi connectivity index (χ1v) is 4.06. The maximum absolute atomic E-state index is 10.5. The first-order valence-electron chi connectivity index (χ1n) is 4.06. The van der Waals surface area contributed by atoms with Crippen molar-refractivity contribution in [1.82, 2.24) is 0 Å². The lowest BCUT2D eigenvalue weighted by molar-refractivity contribution is -0.144. The Hall–Kier alpha value is -1.51. The lowest BCUT2D eigenvalue weighted by Crippen LogP contribution is -2.23. The number of carboxylic acids is 1. The van der Waals surface area contributed by atoms with Gasteiger partial charge in [-0.05, 0) is 25.5 Å². The normalized spacial score (nSPS) is 12.2. The third kappa shape index (κ3) is 2.47. The monoisotopic (exact) mass is 180 g/mol. The van der Waals surface area contributed by atoms with Crippen LogP contribution >= 0.6 is 0 Å². The van der Waals surface area contributed by atoms with Gasteiger partial charge in [0.2, 0.25) is 0 Å². The van der Waals surface area contributed by atoms with Gasteiger partial charge >= 0.3 is 5.97 Å². The fourth-order valence-corrected chi connectivity index (χ4v) is 0.930. The maximum Gasteiger partial charge on any atom is 0.344 e. The first-order chi connectivity index (χ1) is 6.11. The number of para-hydroxylation sites is 1. The van der Waals surface area contributed by atoms with Crippen molar-refractivity contribution in [3.05, 3.63) is 29.8 Å². The van der Waals surface area contributed by atoms with Gasteiger partial charge in [-0.25, -0.2) is 4.79 Å². The zero-order valence-corrected chi connectivity index (χ0v) is 7.65. The molecule has 0 spiro atoms. The molecule has 0 radical (unpaired) electrons. The quantitative estimate of drug-likeness (QED) is 0.772. The molecule has 1 unspecified atom stereocenters. The van der Waals surface area contributed by atoms with E-state index in [1.165, 1.54) is 6.92 Å². The van der Waals surface area contributed by atoms with Crippen LogP contribution in [0.3, 0.4) is 0 Å². The van der Waals surface area contributed by atoms with E-state index in [2.05, 4.69) is 0 Å². The van der Waals surface area contributed by atoms with Gasteiger partial charge in [0.1, 0.15) is 5.75 Å². The van der Waals surface area contributed by atoms with Crippen molar-refractivity contribution < 1.29 is 14.6 Å². The molecule has 0 aliphatic carbocycles. The van der Waals surface area contributed by atoms with Crippen molar-refractivity contribution in [2.24, 2.45) is 0 Å². The van der Waals surface area contributed by atoms with Crippen molar-refractivity contribution in [2.45, 2.75) is 20.0 Å². The Morgan fingerprint density at radius 1 is 1.46 bits per heavy atom. The van der Waals surface area contributed by atoms with Gasteiger partial charge in [-0.1, -0.05) is 18.2 Å². The smallest absolute Gasteiger partial charge is 0.344 e. The molecule has 0 fully saturated rings. The zero-order chi connectivity index (χ0) is 9.84. The molecule has 1 rings (SSSR count). The molecule has 0 aliphatic heterocycles. The van der Waals surface area contributed by atoms with Gasteiger partial charge in [0, 0.05) is 0 Å². The Morgan fingerprint density at radius 3 is 2.62 bits per heavy atom. The third-order valence-corrected chi connectivity index (χ3v) is 1.75. The Labute approximate surface area is 77.0 Å². The fraction of sp³-hybridized carbons (Fsp3) is 0.300. The topological polar surface area (TPSA) is 46.5 Å². The highest BCUT2D eigenvalue weighted by Crippen LogP contribution is 2.17. The highest BCUT2D eigenvalue weighted by Gasteiger charge is 2.12. The van der Waals surface area contributed by atoms with Crippen LogP contribution in [0, 0.1) is 6.92 Å². The maximum atomic E-state index is 10.5. The van der Waals surface area contributed by atoms with Crippen molar-refractivity contribution in [3.63, 3.8) is 0 Å². The number of hydrogen-bond donors (Lipinski definition) is 1. The molecular formula is C10H12O3. The van der Waals surface area contributed by atoms with E-state index in [0.29, 0.717) is 5.75 Å². The largest absolute Gasteiger partial charge is 0.479 e. The molecule has 1 atom stereocenters. The van der Waals surface area contributed by atoms with Crippen LogP contribution in [0.5, 0.6) is 5.75 Å². The van der Waals surface area contributed by atoms with E-state index in [0.717, 1.165) is 5.56 Å². The number of ether oxygens (including phenoxy) is 1. The third-order valence-electron chi connectivity index (χ3n) is 1.75. The zero-order valence-electron chi connectivity index (χ0n) is 7.65. The second kappa shape index (κ2) is 3.94. The van der Waals surface area contributed by atoms with Gasteiger partial charge in [0.15, 0.2) is 6.10 Å². The van der Waals surface area contributed by atoms with Crippen LogP contribution in [0.25, 0.3) is 0 Å². The van der Waals surface area contributed by atoms with E-state index in [9.17, 15) is 4.79 Å². The molecule has 3 nitrogen and oxygen atoms in total. The van der Waals surface area contributed by atoms with E-state index < -0.39 is 12.1 Å². The van der Waals surface area contributed by atoms with Gasteiger partial charge in [0.05, 0.1) is 0 Å². The van der Waals surface area contributed by atoms with Gasteiger partial charge in [-0.15, -0.1) is 0 Å². The summed E-state index contributed by atoms with van der Waals surface area (Å²) in [6, 6.07) is 7.34. The van der Waals surface area contributed by atoms with Crippen LogP contribution in [0.15, 0.2) is 24.3 Å². The van der Waals surface area contributed by atoms with E-state index in [4.69, 9.17) is 9.84 Å². The summed E-state index contributed by atoms with van der Waals surface area (Å²) in [7, 11) is 0. The molecule has 0 saturated carbocycles. The van der Waals surface area contributed by atoms with Crippen LogP contribution in [0.4, 0.5) is 0 Å². The van der Waals surface area contributed by atoms with Crippen LogP contribution in [0.2, 0.25) is 0 Å². The number of hydrogen-bond acceptors (Lipinski definition) is 2. The molecule has 3 heteroatoms. The van der Waals surface area contributed by atoms with Crippen LogP contribution in [0.1, 0.15) is 12.5 Å². The lowest BCUT2D eigenvalue weighted by atomic mass is 10.2. The molecule has 0 aromatic heterocycles. The number of carbonyl (C=O) groups is 1. The Kier molecular flexibility index (Phi) is 2.90. The number of aryl methyl sites for hydroxylation is 1. The standard InChI is InChI=1S/C10H12O3/c1-7-5-3-4-6-9(7)13-8(2)10(11)12/h3-6,8H,1-2H3,(H,11,12). The second-order valence-electron chi connectivity index (χ2n) is 2.86. The summed E-state index contributed by atoms with van der Waals surface area (Å²) in [6.07, 6.45) is -0.805. The number of rotatable bonds is 3. The van der Waals surface area contributed by atoms with Crippen molar-refractivity contribution in [2.75, 3.05) is 0 Å². The van der Waals surface area contributed by atoms with Crippen LogP contribution in [-0.2, 0) is 4.79 Å². The minimum absolute atomic E-state index is 0.623. The van der Waals surface area contributed by atoms with E-state index in [1.807, 2.05) is 25.1 Å². The van der Waals surface area contributed by atoms with Crippen LogP contribution in [-0.4, -0.2) is 17.2 Å². The molecule has 1 aromatic carbocycles. The lowest BCUT2D eigenvalue weighted by Gasteiger charge is -2.11. The summed E-state index contributed by atoms with van der Waals surface area (Å²) < 4.78 is 5.21. The highest BCUT2D eigenvalue weighted by atomic mass is 16.5. The molecular weight excluding hydrogens is 168 g/mol. The van der Waals surface area contributed by atoms with Crippen molar-refractivity contribution >= 4 is 5.97 Å². The Morgan fingerprint density at radius 2 is 2.08 bits per heavy atom. The predicted octanol–water partition coefficient (Wildman–Crippen LogP) is 1.85. The summed E-state index contributed by atoms with van der Waals surface area (Å²) in [4.78, 5) is 10.5. The molecule has 0 heterocycles. The van der Waals surface area contributed by atoms with Gasteiger partial charge < -0.3 is 9.84 Å². The number of carboxylic acid groups (broad SMARTS) is 1. The fourth-order valence-electron chi connectivity index (χ4n) is 0.930. The molecule has 70 valence electrons. The van der Waals surface area contributed by atoms with Gasteiger partial charge in [0.25, 0.3) is 0 Å². The van der Waals surface area contributed by atoms with Crippen molar-refractivity contribution in [1.29, 1.82) is 0 Å². The Bertz CT molecular complexity index is 307. The van der Waals surface area contributed by atoms with E-state index >= 15 is 0 Å². The minimum Gasteiger partial charge on any atom is -0.479 e. The molecule has 1 aromatic rings. The van der Waals surface area contributed by atoms with Crippen molar-refractivity contribution in [3.8, 4) is 5.75 Å². The van der Waals surface area contributed by atoms with Crippen LogP contribution < -0.4 is 4.74 Å². The summed E-state index contributed by atoms with van der Waals surface area (Å²) in [5, 5.41) is 8.61. The summed E-state index contributed by atoms with van der Waals surface area (Å²) >= 11 is 0. The molecule has 0 bridgehead atoms. The average molecular weight is 180 g/mol. The number of aliphatic carboxylic acids is 1.